The summed E-state index contributed by atoms with van der Waals surface area (Å²) < 4.78 is 14.6. The summed E-state index contributed by atoms with van der Waals surface area (Å²) in [5.74, 6) is -0.969. The molecule has 0 radical (unpaired) electrons. The highest BCUT2D eigenvalue weighted by molar-refractivity contribution is 14.1. The molecule has 1 atom stereocenters. The first-order chi connectivity index (χ1) is 9.08. The molecule has 0 spiro atoms. The number of rotatable bonds is 4. The Labute approximate surface area is 124 Å². The van der Waals surface area contributed by atoms with E-state index in [9.17, 15) is 9.18 Å². The summed E-state index contributed by atoms with van der Waals surface area (Å²) in [6.45, 7) is 0. The Balaban J connectivity index is 2.29. The highest BCUT2D eigenvalue weighted by atomic mass is 127. The first kappa shape index (κ1) is 13.8. The van der Waals surface area contributed by atoms with Gasteiger partial charge in [-0.15, -0.1) is 0 Å². The van der Waals surface area contributed by atoms with Crippen LogP contribution in [0.15, 0.2) is 48.5 Å². The molecule has 0 aliphatic carbocycles. The van der Waals surface area contributed by atoms with E-state index in [1.807, 2.05) is 12.1 Å². The topological polar surface area (TPSA) is 55.1 Å². The molecule has 3 nitrogen and oxygen atoms in total. The minimum atomic E-state index is -0.756. The SMILES string of the molecule is NC(=O)C(Nc1ccccc1F)c1ccc(I)cc1. The molecule has 0 saturated heterocycles. The first-order valence-electron chi connectivity index (χ1n) is 5.64. The molecule has 3 N–H and O–H groups in total. The Morgan fingerprint density at radius 1 is 1.16 bits per heavy atom. The van der Waals surface area contributed by atoms with Crippen molar-refractivity contribution >= 4 is 34.2 Å². The fraction of sp³-hybridized carbons (Fsp3) is 0.0714. The third kappa shape index (κ3) is 3.44. The predicted molar refractivity (Wildman–Crippen MR) is 81.1 cm³/mol. The van der Waals surface area contributed by atoms with Gasteiger partial charge in [0.1, 0.15) is 11.9 Å². The lowest BCUT2D eigenvalue weighted by Gasteiger charge is -2.17. The lowest BCUT2D eigenvalue weighted by Crippen LogP contribution is -2.28. The summed E-state index contributed by atoms with van der Waals surface area (Å²) in [5.41, 5.74) is 6.34. The number of hydrogen-bond acceptors (Lipinski definition) is 2. The average Bonchev–Trinajstić information content (AvgIpc) is 2.39. The summed E-state index contributed by atoms with van der Waals surface area (Å²) in [7, 11) is 0. The van der Waals surface area contributed by atoms with E-state index in [4.69, 9.17) is 5.73 Å². The quantitative estimate of drug-likeness (QED) is 0.813. The van der Waals surface area contributed by atoms with E-state index < -0.39 is 17.8 Å². The van der Waals surface area contributed by atoms with Gasteiger partial charge >= 0.3 is 0 Å². The molecule has 2 aromatic rings. The Morgan fingerprint density at radius 2 is 1.79 bits per heavy atom. The third-order valence-corrected chi connectivity index (χ3v) is 3.38. The van der Waals surface area contributed by atoms with Gasteiger partial charge < -0.3 is 11.1 Å². The van der Waals surface area contributed by atoms with Crippen LogP contribution in [0.4, 0.5) is 10.1 Å². The van der Waals surface area contributed by atoms with Crippen molar-refractivity contribution in [3.63, 3.8) is 0 Å². The largest absolute Gasteiger partial charge is 0.368 e. The second-order valence-electron chi connectivity index (χ2n) is 4.01. The van der Waals surface area contributed by atoms with E-state index in [2.05, 4.69) is 27.9 Å². The third-order valence-electron chi connectivity index (χ3n) is 2.66. The monoisotopic (exact) mass is 370 g/mol. The van der Waals surface area contributed by atoms with Crippen molar-refractivity contribution in [3.8, 4) is 0 Å². The molecule has 0 bridgehead atoms. The van der Waals surface area contributed by atoms with Gasteiger partial charge in [0.15, 0.2) is 0 Å². The molecule has 2 rings (SSSR count). The summed E-state index contributed by atoms with van der Waals surface area (Å²) >= 11 is 2.17. The molecule has 98 valence electrons. The van der Waals surface area contributed by atoms with Gasteiger partial charge in [0.2, 0.25) is 5.91 Å². The first-order valence-corrected chi connectivity index (χ1v) is 6.71. The Bertz CT molecular complexity index is 586. The van der Waals surface area contributed by atoms with Crippen molar-refractivity contribution in [2.24, 2.45) is 5.73 Å². The molecule has 2 aromatic carbocycles. The average molecular weight is 370 g/mol. The maximum absolute atomic E-state index is 13.6. The fourth-order valence-corrected chi connectivity index (χ4v) is 2.07. The minimum Gasteiger partial charge on any atom is -0.368 e. The van der Waals surface area contributed by atoms with E-state index in [-0.39, 0.29) is 5.69 Å². The molecule has 0 heterocycles. The van der Waals surface area contributed by atoms with Crippen LogP contribution in [0.25, 0.3) is 0 Å². The van der Waals surface area contributed by atoms with Crippen molar-refractivity contribution in [2.45, 2.75) is 6.04 Å². The van der Waals surface area contributed by atoms with Crippen LogP contribution in [-0.4, -0.2) is 5.91 Å². The van der Waals surface area contributed by atoms with Crippen LogP contribution in [0.5, 0.6) is 0 Å². The van der Waals surface area contributed by atoms with Crippen molar-refractivity contribution in [2.75, 3.05) is 5.32 Å². The van der Waals surface area contributed by atoms with Gasteiger partial charge in [0, 0.05) is 3.57 Å². The maximum atomic E-state index is 13.6. The standard InChI is InChI=1S/C14H12FIN2O/c15-11-3-1-2-4-12(11)18-13(14(17)19)9-5-7-10(16)8-6-9/h1-8,13,18H,(H2,17,19). The zero-order valence-electron chi connectivity index (χ0n) is 9.94. The van der Waals surface area contributed by atoms with Gasteiger partial charge in [-0.25, -0.2) is 4.39 Å². The van der Waals surface area contributed by atoms with Crippen molar-refractivity contribution in [1.82, 2.24) is 0 Å². The lowest BCUT2D eigenvalue weighted by molar-refractivity contribution is -0.118. The summed E-state index contributed by atoms with van der Waals surface area (Å²) in [6, 6.07) is 12.8. The van der Waals surface area contributed by atoms with Crippen LogP contribution < -0.4 is 11.1 Å². The molecule has 0 fully saturated rings. The van der Waals surface area contributed by atoms with Crippen molar-refractivity contribution in [3.05, 3.63) is 63.5 Å². The fourth-order valence-electron chi connectivity index (χ4n) is 1.71. The van der Waals surface area contributed by atoms with Gasteiger partial charge in [-0.1, -0.05) is 24.3 Å². The summed E-state index contributed by atoms with van der Waals surface area (Å²) in [6.07, 6.45) is 0. The zero-order chi connectivity index (χ0) is 13.8. The smallest absolute Gasteiger partial charge is 0.244 e. The minimum absolute atomic E-state index is 0.254. The van der Waals surface area contributed by atoms with Crippen LogP contribution in [-0.2, 0) is 4.79 Å². The molecule has 0 saturated carbocycles. The van der Waals surface area contributed by atoms with Crippen molar-refractivity contribution < 1.29 is 9.18 Å². The number of nitrogens with one attached hydrogen (secondary N) is 1. The van der Waals surface area contributed by atoms with E-state index in [1.54, 1.807) is 30.3 Å². The van der Waals surface area contributed by atoms with E-state index in [0.29, 0.717) is 5.56 Å². The van der Waals surface area contributed by atoms with E-state index in [1.165, 1.54) is 6.07 Å². The Kier molecular flexibility index (Phi) is 4.36. The second kappa shape index (κ2) is 6.01. The number of halogens is 2. The number of carbonyl (C=O) groups is 1. The van der Waals surface area contributed by atoms with E-state index >= 15 is 0 Å². The van der Waals surface area contributed by atoms with Crippen molar-refractivity contribution in [1.29, 1.82) is 0 Å². The molecular weight excluding hydrogens is 358 g/mol. The number of benzene rings is 2. The van der Waals surface area contributed by atoms with Crippen LogP contribution >= 0.6 is 22.6 Å². The van der Waals surface area contributed by atoms with Gasteiger partial charge in [0.25, 0.3) is 0 Å². The molecule has 0 aliphatic heterocycles. The number of carbonyl (C=O) groups excluding carboxylic acids is 1. The molecule has 19 heavy (non-hydrogen) atoms. The number of anilines is 1. The molecule has 5 heteroatoms. The van der Waals surface area contributed by atoms with Crippen LogP contribution in [0.3, 0.4) is 0 Å². The molecular formula is C14H12FIN2O. The van der Waals surface area contributed by atoms with Crippen LogP contribution in [0.2, 0.25) is 0 Å². The second-order valence-corrected chi connectivity index (χ2v) is 5.26. The normalized spacial score (nSPS) is 11.9. The number of para-hydroxylation sites is 1. The highest BCUT2D eigenvalue weighted by Gasteiger charge is 2.18. The Hall–Kier alpha value is -1.63. The van der Waals surface area contributed by atoms with E-state index in [0.717, 1.165) is 3.57 Å². The van der Waals surface area contributed by atoms with Gasteiger partial charge in [0.05, 0.1) is 5.69 Å². The zero-order valence-corrected chi connectivity index (χ0v) is 12.1. The van der Waals surface area contributed by atoms with Gasteiger partial charge in [-0.2, -0.15) is 0 Å². The predicted octanol–water partition coefficient (Wildman–Crippen LogP) is 3.07. The number of nitrogens with two attached hydrogens (primary N) is 1. The summed E-state index contributed by atoms with van der Waals surface area (Å²) in [4.78, 5) is 11.5. The van der Waals surface area contributed by atoms with Crippen LogP contribution in [0, 0.1) is 9.39 Å². The van der Waals surface area contributed by atoms with Gasteiger partial charge in [-0.05, 0) is 52.4 Å². The summed E-state index contributed by atoms with van der Waals surface area (Å²) in [5, 5.41) is 2.83. The number of primary amides is 1. The number of amides is 1. The van der Waals surface area contributed by atoms with Crippen LogP contribution in [0.1, 0.15) is 11.6 Å². The Morgan fingerprint density at radius 3 is 2.37 bits per heavy atom. The number of hydrogen-bond donors (Lipinski definition) is 2. The lowest BCUT2D eigenvalue weighted by atomic mass is 10.1. The molecule has 0 aromatic heterocycles. The molecule has 0 aliphatic rings. The molecule has 1 unspecified atom stereocenters. The van der Waals surface area contributed by atoms with Gasteiger partial charge in [-0.3, -0.25) is 4.79 Å². The maximum Gasteiger partial charge on any atom is 0.244 e. The highest BCUT2D eigenvalue weighted by Crippen LogP contribution is 2.22. The molecule has 1 amide bonds.